The van der Waals surface area contributed by atoms with E-state index in [2.05, 4.69) is 10.3 Å². The van der Waals surface area contributed by atoms with Gasteiger partial charge in [0, 0.05) is 13.1 Å². The maximum absolute atomic E-state index is 12.0. The first kappa shape index (κ1) is 15.1. The summed E-state index contributed by atoms with van der Waals surface area (Å²) in [6, 6.07) is 4.96. The van der Waals surface area contributed by atoms with E-state index in [1.165, 1.54) is 6.92 Å². The van der Waals surface area contributed by atoms with Crippen molar-refractivity contribution in [2.45, 2.75) is 33.2 Å². The lowest BCUT2D eigenvalue weighted by atomic mass is 10.0. The molecule has 0 unspecified atom stereocenters. The number of carbonyl (C=O) groups excluding carboxylic acids is 2. The maximum Gasteiger partial charge on any atom is 0.302 e. The normalized spacial score (nSPS) is 12.0. The van der Waals surface area contributed by atoms with Crippen LogP contribution >= 0.6 is 0 Å². The number of esters is 1. The second-order valence-corrected chi connectivity index (χ2v) is 4.82. The molecule has 0 spiro atoms. The summed E-state index contributed by atoms with van der Waals surface area (Å²) in [6.45, 7) is 5.64. The number of pyridine rings is 1. The third kappa shape index (κ3) is 5.99. The zero-order chi connectivity index (χ0) is 14.3. The Balaban J connectivity index is 2.60. The van der Waals surface area contributed by atoms with E-state index >= 15 is 0 Å². The average Bonchev–Trinajstić information content (AvgIpc) is 2.36. The highest BCUT2D eigenvalue weighted by atomic mass is 16.5. The minimum atomic E-state index is -0.346. The molecule has 1 aromatic heterocycles. The van der Waals surface area contributed by atoms with Crippen molar-refractivity contribution in [2.75, 3.05) is 6.61 Å². The Morgan fingerprint density at radius 3 is 2.63 bits per heavy atom. The van der Waals surface area contributed by atoms with Crippen molar-refractivity contribution in [2.24, 2.45) is 5.92 Å². The first-order valence-corrected chi connectivity index (χ1v) is 6.34. The SMILES string of the molecule is CC(=O)OC[C@H](CC(C)C)NC(=O)c1ccccn1. The first-order chi connectivity index (χ1) is 8.99. The van der Waals surface area contributed by atoms with Crippen molar-refractivity contribution in [1.29, 1.82) is 0 Å². The fourth-order valence-corrected chi connectivity index (χ4v) is 1.71. The monoisotopic (exact) mass is 264 g/mol. The predicted molar refractivity (Wildman–Crippen MR) is 71.6 cm³/mol. The number of nitrogens with one attached hydrogen (secondary N) is 1. The molecule has 104 valence electrons. The van der Waals surface area contributed by atoms with E-state index in [-0.39, 0.29) is 24.5 Å². The van der Waals surface area contributed by atoms with Gasteiger partial charge >= 0.3 is 5.97 Å². The van der Waals surface area contributed by atoms with Crippen LogP contribution in [0.5, 0.6) is 0 Å². The molecule has 0 aliphatic carbocycles. The summed E-state index contributed by atoms with van der Waals surface area (Å²) in [5.74, 6) is -0.205. The van der Waals surface area contributed by atoms with Crippen molar-refractivity contribution in [3.8, 4) is 0 Å². The van der Waals surface area contributed by atoms with Gasteiger partial charge in [0.05, 0.1) is 6.04 Å². The van der Waals surface area contributed by atoms with Crippen molar-refractivity contribution in [3.05, 3.63) is 30.1 Å². The van der Waals surface area contributed by atoms with Crippen LogP contribution in [-0.4, -0.2) is 29.5 Å². The van der Waals surface area contributed by atoms with E-state index in [9.17, 15) is 9.59 Å². The van der Waals surface area contributed by atoms with Gasteiger partial charge < -0.3 is 10.1 Å². The van der Waals surface area contributed by atoms with Crippen LogP contribution in [0, 0.1) is 5.92 Å². The molecule has 0 fully saturated rings. The van der Waals surface area contributed by atoms with E-state index in [4.69, 9.17) is 4.74 Å². The Morgan fingerprint density at radius 1 is 1.37 bits per heavy atom. The highest BCUT2D eigenvalue weighted by Crippen LogP contribution is 2.06. The summed E-state index contributed by atoms with van der Waals surface area (Å²) in [5, 5.41) is 2.84. The highest BCUT2D eigenvalue weighted by Gasteiger charge is 2.17. The molecular formula is C14H20N2O3. The van der Waals surface area contributed by atoms with E-state index in [0.29, 0.717) is 11.6 Å². The Hall–Kier alpha value is -1.91. The number of hydrogen-bond donors (Lipinski definition) is 1. The molecule has 5 heteroatoms. The van der Waals surface area contributed by atoms with E-state index in [0.717, 1.165) is 6.42 Å². The number of amides is 1. The van der Waals surface area contributed by atoms with Gasteiger partial charge in [0.25, 0.3) is 5.91 Å². The van der Waals surface area contributed by atoms with Gasteiger partial charge in [-0.1, -0.05) is 19.9 Å². The largest absolute Gasteiger partial charge is 0.464 e. The fourth-order valence-electron chi connectivity index (χ4n) is 1.71. The number of ether oxygens (including phenoxy) is 1. The van der Waals surface area contributed by atoms with Crippen molar-refractivity contribution in [1.82, 2.24) is 10.3 Å². The third-order valence-corrected chi connectivity index (χ3v) is 2.48. The summed E-state index contributed by atoms with van der Waals surface area (Å²) < 4.78 is 4.97. The molecule has 19 heavy (non-hydrogen) atoms. The van der Waals surface area contributed by atoms with Gasteiger partial charge in [0.2, 0.25) is 0 Å². The Labute approximate surface area is 113 Å². The standard InChI is InChI=1S/C14H20N2O3/c1-10(2)8-12(9-19-11(3)17)16-14(18)13-6-4-5-7-15-13/h4-7,10,12H,8-9H2,1-3H3,(H,16,18)/t12-/m0/s1. The van der Waals surface area contributed by atoms with E-state index in [1.807, 2.05) is 13.8 Å². The van der Waals surface area contributed by atoms with Gasteiger partial charge in [-0.05, 0) is 24.5 Å². The molecule has 0 radical (unpaired) electrons. The molecule has 1 atom stereocenters. The van der Waals surface area contributed by atoms with Crippen LogP contribution in [0.25, 0.3) is 0 Å². The molecule has 0 bridgehead atoms. The molecule has 0 aliphatic rings. The number of hydrogen-bond acceptors (Lipinski definition) is 4. The average molecular weight is 264 g/mol. The zero-order valence-corrected chi connectivity index (χ0v) is 11.6. The van der Waals surface area contributed by atoms with Gasteiger partial charge in [-0.2, -0.15) is 0 Å². The van der Waals surface area contributed by atoms with Crippen LogP contribution < -0.4 is 5.32 Å². The van der Waals surface area contributed by atoms with Crippen LogP contribution in [-0.2, 0) is 9.53 Å². The third-order valence-electron chi connectivity index (χ3n) is 2.48. The van der Waals surface area contributed by atoms with Crippen LogP contribution in [0.3, 0.4) is 0 Å². The maximum atomic E-state index is 12.0. The van der Waals surface area contributed by atoms with Crippen LogP contribution in [0.15, 0.2) is 24.4 Å². The number of nitrogens with zero attached hydrogens (tertiary/aromatic N) is 1. The summed E-state index contributed by atoms with van der Waals surface area (Å²) in [5.41, 5.74) is 0.360. The Bertz CT molecular complexity index is 418. The number of rotatable bonds is 6. The van der Waals surface area contributed by atoms with Crippen LogP contribution in [0.2, 0.25) is 0 Å². The molecule has 0 saturated heterocycles. The van der Waals surface area contributed by atoms with Crippen LogP contribution in [0.1, 0.15) is 37.7 Å². The molecule has 5 nitrogen and oxygen atoms in total. The summed E-state index contributed by atoms with van der Waals surface area (Å²) in [6.07, 6.45) is 2.31. The second kappa shape index (κ2) is 7.51. The predicted octanol–water partition coefficient (Wildman–Crippen LogP) is 1.79. The van der Waals surface area contributed by atoms with Gasteiger partial charge in [-0.15, -0.1) is 0 Å². The molecule has 1 aromatic rings. The topological polar surface area (TPSA) is 68.3 Å². The van der Waals surface area contributed by atoms with Crippen molar-refractivity contribution in [3.63, 3.8) is 0 Å². The fraction of sp³-hybridized carbons (Fsp3) is 0.500. The minimum Gasteiger partial charge on any atom is -0.464 e. The molecule has 1 rings (SSSR count). The van der Waals surface area contributed by atoms with E-state index < -0.39 is 0 Å². The zero-order valence-electron chi connectivity index (χ0n) is 11.6. The molecule has 1 N–H and O–H groups in total. The molecule has 0 saturated carbocycles. The lowest BCUT2D eigenvalue weighted by Gasteiger charge is -2.20. The summed E-state index contributed by atoms with van der Waals surface area (Å²) in [7, 11) is 0. The van der Waals surface area contributed by atoms with Crippen molar-refractivity contribution < 1.29 is 14.3 Å². The summed E-state index contributed by atoms with van der Waals surface area (Å²) in [4.78, 5) is 26.8. The van der Waals surface area contributed by atoms with Gasteiger partial charge in [0.1, 0.15) is 12.3 Å². The van der Waals surface area contributed by atoms with Gasteiger partial charge in [-0.25, -0.2) is 0 Å². The number of carbonyl (C=O) groups is 2. The lowest BCUT2D eigenvalue weighted by Crippen LogP contribution is -2.39. The summed E-state index contributed by atoms with van der Waals surface area (Å²) >= 11 is 0. The van der Waals surface area contributed by atoms with Crippen LogP contribution in [0.4, 0.5) is 0 Å². The Kier molecular flexibility index (Phi) is 5.99. The quantitative estimate of drug-likeness (QED) is 0.795. The second-order valence-electron chi connectivity index (χ2n) is 4.82. The van der Waals surface area contributed by atoms with E-state index in [1.54, 1.807) is 24.4 Å². The molecule has 0 aliphatic heterocycles. The smallest absolute Gasteiger partial charge is 0.302 e. The molecular weight excluding hydrogens is 244 g/mol. The van der Waals surface area contributed by atoms with Gasteiger partial charge in [-0.3, -0.25) is 14.6 Å². The van der Waals surface area contributed by atoms with Crippen molar-refractivity contribution >= 4 is 11.9 Å². The number of aromatic nitrogens is 1. The first-order valence-electron chi connectivity index (χ1n) is 6.34. The minimum absolute atomic E-state index is 0.187. The lowest BCUT2D eigenvalue weighted by molar-refractivity contribution is -0.141. The highest BCUT2D eigenvalue weighted by molar-refractivity contribution is 5.92. The molecule has 0 aromatic carbocycles. The molecule has 1 amide bonds. The Morgan fingerprint density at radius 2 is 2.11 bits per heavy atom. The van der Waals surface area contributed by atoms with Gasteiger partial charge in [0.15, 0.2) is 0 Å². The molecule has 1 heterocycles.